The fourth-order valence-electron chi connectivity index (χ4n) is 3.80. The summed E-state index contributed by atoms with van der Waals surface area (Å²) in [6, 6.07) is 12.0. The number of likely N-dealkylation sites (tertiary alicyclic amines) is 1. The van der Waals surface area contributed by atoms with Crippen molar-refractivity contribution in [2.45, 2.75) is 66.2 Å². The monoisotopic (exact) mass is 411 g/mol. The number of benzene rings is 2. The van der Waals surface area contributed by atoms with Gasteiger partial charge in [-0.1, -0.05) is 32.9 Å². The van der Waals surface area contributed by atoms with E-state index in [0.717, 1.165) is 61.6 Å². The Hall–Kier alpha value is -2.49. The molecule has 0 aliphatic carbocycles. The minimum atomic E-state index is 0.286. The third-order valence-corrected chi connectivity index (χ3v) is 5.41. The third kappa shape index (κ3) is 6.51. The molecule has 1 fully saturated rings. The summed E-state index contributed by atoms with van der Waals surface area (Å²) in [5, 5.41) is 0. The molecule has 1 amide bonds. The Labute approximate surface area is 182 Å². The summed E-state index contributed by atoms with van der Waals surface area (Å²) >= 11 is 0. The van der Waals surface area contributed by atoms with E-state index in [1.165, 1.54) is 17.5 Å². The van der Waals surface area contributed by atoms with Gasteiger partial charge in [0.25, 0.3) is 0 Å². The maximum Gasteiger partial charge on any atom is 0.222 e. The van der Waals surface area contributed by atoms with Gasteiger partial charge < -0.3 is 14.4 Å². The van der Waals surface area contributed by atoms with Crippen LogP contribution in [0.15, 0.2) is 36.4 Å². The van der Waals surface area contributed by atoms with E-state index in [-0.39, 0.29) is 5.91 Å². The van der Waals surface area contributed by atoms with Gasteiger partial charge in [-0.25, -0.2) is 0 Å². The maximum atomic E-state index is 12.5. The molecule has 4 nitrogen and oxygen atoms in total. The molecule has 1 aliphatic heterocycles. The van der Waals surface area contributed by atoms with Gasteiger partial charge in [-0.15, -0.1) is 0 Å². The molecule has 2 aromatic carbocycles. The van der Waals surface area contributed by atoms with Gasteiger partial charge in [-0.05, 0) is 80.0 Å². The molecule has 3 rings (SSSR count). The van der Waals surface area contributed by atoms with Gasteiger partial charge in [0, 0.05) is 19.5 Å². The molecule has 0 bridgehead atoms. The van der Waals surface area contributed by atoms with Crippen molar-refractivity contribution in [3.05, 3.63) is 53.1 Å². The third-order valence-electron chi connectivity index (χ3n) is 5.41. The van der Waals surface area contributed by atoms with Crippen molar-refractivity contribution in [2.75, 3.05) is 20.2 Å². The van der Waals surface area contributed by atoms with Crippen LogP contribution in [0.25, 0.3) is 0 Å². The smallest absolute Gasteiger partial charge is 0.222 e. The molecular weight excluding hydrogens is 374 g/mol. The van der Waals surface area contributed by atoms with Crippen molar-refractivity contribution in [2.24, 2.45) is 0 Å². The molecule has 1 heterocycles. The average molecular weight is 412 g/mol. The molecule has 30 heavy (non-hydrogen) atoms. The number of carbonyl (C=O) groups is 1. The van der Waals surface area contributed by atoms with E-state index < -0.39 is 0 Å². The Morgan fingerprint density at radius 3 is 2.23 bits per heavy atom. The van der Waals surface area contributed by atoms with E-state index in [0.29, 0.717) is 6.42 Å². The Bertz CT molecular complexity index is 793. The summed E-state index contributed by atoms with van der Waals surface area (Å²) in [4.78, 5) is 14.5. The van der Waals surface area contributed by atoms with Crippen LogP contribution in [-0.2, 0) is 17.6 Å². The molecule has 0 saturated carbocycles. The number of ether oxygens (including phenoxy) is 2. The first-order valence-corrected chi connectivity index (χ1v) is 11.3. The Morgan fingerprint density at radius 1 is 1.00 bits per heavy atom. The van der Waals surface area contributed by atoms with E-state index in [1.807, 2.05) is 43.0 Å². The first kappa shape index (κ1) is 23.8. The predicted molar refractivity (Wildman–Crippen MR) is 124 cm³/mol. The van der Waals surface area contributed by atoms with Crippen LogP contribution in [0.1, 0.15) is 63.1 Å². The number of carbonyl (C=O) groups excluding carboxylic acids is 1. The molecular formula is C26H37NO3. The van der Waals surface area contributed by atoms with E-state index in [9.17, 15) is 4.79 Å². The number of piperidine rings is 1. The van der Waals surface area contributed by atoms with E-state index >= 15 is 0 Å². The number of rotatable bonds is 7. The summed E-state index contributed by atoms with van der Waals surface area (Å²) in [7, 11) is 1.66. The molecule has 0 atom stereocenters. The van der Waals surface area contributed by atoms with Gasteiger partial charge in [0.2, 0.25) is 5.91 Å². The standard InChI is InChI=1S/C24H31NO3.C2H6/c1-4-20-17-19(8-13-23(26)25-14-6-5-7-15-25)16-18(2)24(20)28-22-11-9-21(27-3)10-12-22;1-2/h9-12,16-17H,4-8,13-15H2,1-3H3;1-2H3. The van der Waals surface area contributed by atoms with Gasteiger partial charge in [-0.2, -0.15) is 0 Å². The van der Waals surface area contributed by atoms with Crippen molar-refractivity contribution < 1.29 is 14.3 Å². The molecule has 0 N–H and O–H groups in total. The largest absolute Gasteiger partial charge is 0.497 e. The van der Waals surface area contributed by atoms with Crippen LogP contribution in [-0.4, -0.2) is 31.0 Å². The summed E-state index contributed by atoms with van der Waals surface area (Å²) in [5.74, 6) is 2.81. The quantitative estimate of drug-likeness (QED) is 0.534. The first-order chi connectivity index (χ1) is 14.6. The number of hydrogen-bond acceptors (Lipinski definition) is 3. The number of methoxy groups -OCH3 is 1. The minimum absolute atomic E-state index is 0.286. The normalized spacial score (nSPS) is 13.3. The Balaban J connectivity index is 0.00000155. The van der Waals surface area contributed by atoms with Crippen LogP contribution >= 0.6 is 0 Å². The van der Waals surface area contributed by atoms with Crippen LogP contribution in [0, 0.1) is 6.92 Å². The van der Waals surface area contributed by atoms with Gasteiger partial charge in [-0.3, -0.25) is 4.79 Å². The predicted octanol–water partition coefficient (Wildman–Crippen LogP) is 6.33. The van der Waals surface area contributed by atoms with E-state index in [2.05, 4.69) is 26.0 Å². The van der Waals surface area contributed by atoms with Crippen LogP contribution in [0.5, 0.6) is 17.2 Å². The molecule has 0 aromatic heterocycles. The van der Waals surface area contributed by atoms with E-state index in [4.69, 9.17) is 9.47 Å². The second-order valence-electron chi connectivity index (χ2n) is 7.47. The summed E-state index contributed by atoms with van der Waals surface area (Å²) in [6.07, 6.45) is 5.79. The van der Waals surface area contributed by atoms with E-state index in [1.54, 1.807) is 7.11 Å². The highest BCUT2D eigenvalue weighted by molar-refractivity contribution is 5.76. The van der Waals surface area contributed by atoms with Crippen LogP contribution in [0.3, 0.4) is 0 Å². The van der Waals surface area contributed by atoms with Crippen molar-refractivity contribution in [1.82, 2.24) is 4.90 Å². The Kier molecular flexibility index (Phi) is 9.72. The van der Waals surface area contributed by atoms with Gasteiger partial charge in [0.05, 0.1) is 7.11 Å². The van der Waals surface area contributed by atoms with Gasteiger partial charge >= 0.3 is 0 Å². The fraction of sp³-hybridized carbons (Fsp3) is 0.500. The van der Waals surface area contributed by atoms with Crippen molar-refractivity contribution in [3.8, 4) is 17.2 Å². The lowest BCUT2D eigenvalue weighted by Gasteiger charge is -2.26. The molecule has 0 spiro atoms. The number of amides is 1. The summed E-state index contributed by atoms with van der Waals surface area (Å²) in [5.41, 5.74) is 3.49. The topological polar surface area (TPSA) is 38.8 Å². The Morgan fingerprint density at radius 2 is 1.63 bits per heavy atom. The zero-order valence-electron chi connectivity index (χ0n) is 19.3. The lowest BCUT2D eigenvalue weighted by atomic mass is 9.99. The minimum Gasteiger partial charge on any atom is -0.497 e. The fourth-order valence-corrected chi connectivity index (χ4v) is 3.80. The molecule has 1 aliphatic rings. The molecule has 164 valence electrons. The summed E-state index contributed by atoms with van der Waals surface area (Å²) < 4.78 is 11.4. The maximum absolute atomic E-state index is 12.5. The average Bonchev–Trinajstić information content (AvgIpc) is 2.81. The summed E-state index contributed by atoms with van der Waals surface area (Å²) in [6.45, 7) is 10.1. The SMILES string of the molecule is CC.CCc1cc(CCC(=O)N2CCCCC2)cc(C)c1Oc1ccc(OC)cc1. The molecule has 2 aromatic rings. The zero-order valence-corrected chi connectivity index (χ0v) is 19.3. The molecule has 0 unspecified atom stereocenters. The lowest BCUT2D eigenvalue weighted by Crippen LogP contribution is -2.35. The van der Waals surface area contributed by atoms with Gasteiger partial charge in [0.15, 0.2) is 0 Å². The number of nitrogens with zero attached hydrogens (tertiary/aromatic N) is 1. The van der Waals surface area contributed by atoms with Crippen LogP contribution < -0.4 is 9.47 Å². The highest BCUT2D eigenvalue weighted by Crippen LogP contribution is 2.32. The van der Waals surface area contributed by atoms with Crippen molar-refractivity contribution in [3.63, 3.8) is 0 Å². The molecule has 4 heteroatoms. The van der Waals surface area contributed by atoms with Gasteiger partial charge in [0.1, 0.15) is 17.2 Å². The highest BCUT2D eigenvalue weighted by atomic mass is 16.5. The van der Waals surface area contributed by atoms with Crippen molar-refractivity contribution in [1.29, 1.82) is 0 Å². The molecule has 0 radical (unpaired) electrons. The number of aryl methyl sites for hydroxylation is 3. The number of hydrogen-bond donors (Lipinski definition) is 0. The van der Waals surface area contributed by atoms with Crippen LogP contribution in [0.4, 0.5) is 0 Å². The first-order valence-electron chi connectivity index (χ1n) is 11.3. The van der Waals surface area contributed by atoms with Crippen LogP contribution in [0.2, 0.25) is 0 Å². The molecule has 1 saturated heterocycles. The second kappa shape index (κ2) is 12.3. The lowest BCUT2D eigenvalue weighted by molar-refractivity contribution is -0.132. The highest BCUT2D eigenvalue weighted by Gasteiger charge is 2.17. The van der Waals surface area contributed by atoms with Crippen molar-refractivity contribution >= 4 is 5.91 Å². The zero-order chi connectivity index (χ0) is 21.9. The second-order valence-corrected chi connectivity index (χ2v) is 7.47.